The van der Waals surface area contributed by atoms with Gasteiger partial charge in [-0.2, -0.15) is 11.8 Å². The molecule has 1 aliphatic heterocycles. The SMILES string of the molecule is Cc1ncc(CN2CCSCC2)c2cc(-c3cc(=O)oc4cc5c(cc34)CCC5)oc12.Cl. The van der Waals surface area contributed by atoms with Crippen molar-refractivity contribution >= 4 is 46.1 Å². The van der Waals surface area contributed by atoms with Crippen LogP contribution in [-0.2, 0) is 19.4 Å². The Morgan fingerprint density at radius 2 is 1.81 bits per heavy atom. The summed E-state index contributed by atoms with van der Waals surface area (Å²) in [5.74, 6) is 3.06. The second-order valence-corrected chi connectivity index (χ2v) is 9.79. The van der Waals surface area contributed by atoms with Gasteiger partial charge < -0.3 is 8.83 Å². The minimum absolute atomic E-state index is 0. The molecule has 0 amide bonds. The van der Waals surface area contributed by atoms with Crippen LogP contribution in [-0.4, -0.2) is 34.5 Å². The molecule has 0 spiro atoms. The molecule has 1 saturated heterocycles. The minimum atomic E-state index is -0.346. The lowest BCUT2D eigenvalue weighted by Gasteiger charge is -2.26. The summed E-state index contributed by atoms with van der Waals surface area (Å²) in [7, 11) is 0. The van der Waals surface area contributed by atoms with E-state index >= 15 is 0 Å². The van der Waals surface area contributed by atoms with E-state index in [1.165, 1.54) is 28.2 Å². The Bertz CT molecular complexity index is 1370. The second-order valence-electron chi connectivity index (χ2n) is 8.56. The van der Waals surface area contributed by atoms with Crippen LogP contribution in [0.1, 0.15) is 28.8 Å². The Morgan fingerprint density at radius 3 is 2.62 bits per heavy atom. The zero-order valence-corrected chi connectivity index (χ0v) is 19.6. The predicted octanol–water partition coefficient (Wildman–Crippen LogP) is 5.37. The second kappa shape index (κ2) is 8.58. The van der Waals surface area contributed by atoms with Crippen molar-refractivity contribution in [3.05, 3.63) is 63.3 Å². The smallest absolute Gasteiger partial charge is 0.336 e. The molecule has 0 saturated carbocycles. The lowest BCUT2D eigenvalue weighted by atomic mass is 10.0. The maximum Gasteiger partial charge on any atom is 0.336 e. The standard InChI is InChI=1S/C25H24N2O3S.ClH/c1-15-25-19(18(13-26-15)14-27-5-7-31-8-6-27)11-23(30-25)21-12-24(28)29-22-10-17-4-2-3-16(17)9-20(21)22;/h9-13H,2-8,14H2,1H3;1H. The van der Waals surface area contributed by atoms with Crippen molar-refractivity contribution in [3.8, 4) is 11.3 Å². The fraction of sp³-hybridized carbons (Fsp3) is 0.360. The normalized spacial score (nSPS) is 16.4. The number of pyridine rings is 1. The van der Waals surface area contributed by atoms with Crippen molar-refractivity contribution in [2.45, 2.75) is 32.7 Å². The fourth-order valence-corrected chi connectivity index (χ4v) is 5.87. The molecule has 1 fully saturated rings. The molecular weight excluding hydrogens is 444 g/mol. The zero-order valence-electron chi connectivity index (χ0n) is 18.0. The topological polar surface area (TPSA) is 59.5 Å². The number of nitrogens with zero attached hydrogens (tertiary/aromatic N) is 2. The van der Waals surface area contributed by atoms with Gasteiger partial charge in [-0.05, 0) is 61.1 Å². The molecule has 2 aliphatic rings. The zero-order chi connectivity index (χ0) is 20.9. The molecule has 1 aliphatic carbocycles. The third kappa shape index (κ3) is 3.74. The highest BCUT2D eigenvalue weighted by Gasteiger charge is 2.20. The third-order valence-electron chi connectivity index (χ3n) is 6.54. The van der Waals surface area contributed by atoms with Gasteiger partial charge in [0.05, 0.1) is 5.69 Å². The molecular formula is C25H25ClN2O3S. The molecule has 0 bridgehead atoms. The van der Waals surface area contributed by atoms with Crippen molar-refractivity contribution in [3.63, 3.8) is 0 Å². The summed E-state index contributed by atoms with van der Waals surface area (Å²) < 4.78 is 11.9. The molecule has 3 aromatic heterocycles. The van der Waals surface area contributed by atoms with E-state index in [-0.39, 0.29) is 18.0 Å². The van der Waals surface area contributed by atoms with Crippen LogP contribution in [0.25, 0.3) is 33.3 Å². The number of aryl methyl sites for hydroxylation is 3. The van der Waals surface area contributed by atoms with Gasteiger partial charge in [-0.1, -0.05) is 0 Å². The van der Waals surface area contributed by atoms with Gasteiger partial charge in [0.2, 0.25) is 0 Å². The first-order valence-electron chi connectivity index (χ1n) is 10.9. The van der Waals surface area contributed by atoms with Crippen molar-refractivity contribution < 1.29 is 8.83 Å². The van der Waals surface area contributed by atoms with E-state index in [9.17, 15) is 4.79 Å². The molecule has 7 heteroatoms. The summed E-state index contributed by atoms with van der Waals surface area (Å²) in [4.78, 5) is 19.4. The lowest BCUT2D eigenvalue weighted by molar-refractivity contribution is 0.295. The number of hydrogen-bond donors (Lipinski definition) is 0. The van der Waals surface area contributed by atoms with E-state index in [0.29, 0.717) is 11.3 Å². The minimum Gasteiger partial charge on any atom is -0.454 e. The highest BCUT2D eigenvalue weighted by molar-refractivity contribution is 7.99. The van der Waals surface area contributed by atoms with Gasteiger partial charge in [-0.3, -0.25) is 9.88 Å². The summed E-state index contributed by atoms with van der Waals surface area (Å²) in [5, 5.41) is 2.03. The first-order valence-corrected chi connectivity index (χ1v) is 12.1. The van der Waals surface area contributed by atoms with E-state index in [0.717, 1.165) is 66.5 Å². The Labute approximate surface area is 196 Å². The fourth-order valence-electron chi connectivity index (χ4n) is 4.89. The molecule has 0 atom stereocenters. The Kier molecular flexibility index (Phi) is 5.78. The summed E-state index contributed by atoms with van der Waals surface area (Å²) in [5.41, 5.74) is 6.59. The van der Waals surface area contributed by atoms with Gasteiger partial charge in [-0.25, -0.2) is 4.79 Å². The highest BCUT2D eigenvalue weighted by Crippen LogP contribution is 2.36. The van der Waals surface area contributed by atoms with Crippen molar-refractivity contribution in [2.24, 2.45) is 0 Å². The summed E-state index contributed by atoms with van der Waals surface area (Å²) >= 11 is 2.01. The largest absolute Gasteiger partial charge is 0.454 e. The van der Waals surface area contributed by atoms with Crippen LogP contribution in [0.2, 0.25) is 0 Å². The monoisotopic (exact) mass is 468 g/mol. The number of benzene rings is 1. The van der Waals surface area contributed by atoms with Gasteiger partial charge in [0.1, 0.15) is 11.3 Å². The van der Waals surface area contributed by atoms with E-state index in [1.807, 2.05) is 30.9 Å². The lowest BCUT2D eigenvalue weighted by Crippen LogP contribution is -2.32. The molecule has 6 rings (SSSR count). The van der Waals surface area contributed by atoms with Crippen LogP contribution in [0.4, 0.5) is 0 Å². The van der Waals surface area contributed by atoms with Crippen LogP contribution in [0.15, 0.2) is 44.1 Å². The molecule has 166 valence electrons. The average molecular weight is 469 g/mol. The molecule has 4 heterocycles. The van der Waals surface area contributed by atoms with Crippen LogP contribution in [0, 0.1) is 6.92 Å². The Hall–Kier alpha value is -2.28. The number of thioether (sulfide) groups is 1. The van der Waals surface area contributed by atoms with Crippen LogP contribution in [0.5, 0.6) is 0 Å². The molecule has 0 N–H and O–H groups in total. The van der Waals surface area contributed by atoms with Gasteiger partial charge in [0.25, 0.3) is 0 Å². The molecule has 0 unspecified atom stereocenters. The van der Waals surface area contributed by atoms with Crippen molar-refractivity contribution in [2.75, 3.05) is 24.6 Å². The van der Waals surface area contributed by atoms with E-state index in [1.54, 1.807) is 6.07 Å². The first-order chi connectivity index (χ1) is 15.2. The van der Waals surface area contributed by atoms with Gasteiger partial charge in [0, 0.05) is 59.7 Å². The number of fused-ring (bicyclic) bond motifs is 3. The summed E-state index contributed by atoms with van der Waals surface area (Å²) in [6.45, 7) is 5.04. The van der Waals surface area contributed by atoms with Crippen molar-refractivity contribution in [1.29, 1.82) is 0 Å². The summed E-state index contributed by atoms with van der Waals surface area (Å²) in [6.07, 6.45) is 5.25. The van der Waals surface area contributed by atoms with Crippen molar-refractivity contribution in [1.82, 2.24) is 9.88 Å². The maximum absolute atomic E-state index is 12.4. The number of halogens is 1. The van der Waals surface area contributed by atoms with Gasteiger partial charge in [0.15, 0.2) is 5.58 Å². The van der Waals surface area contributed by atoms with Gasteiger partial charge in [-0.15, -0.1) is 12.4 Å². The van der Waals surface area contributed by atoms with Gasteiger partial charge >= 0.3 is 5.63 Å². The van der Waals surface area contributed by atoms with E-state index < -0.39 is 0 Å². The van der Waals surface area contributed by atoms with Crippen LogP contribution in [0.3, 0.4) is 0 Å². The number of furan rings is 1. The van der Waals surface area contributed by atoms with Crippen LogP contribution >= 0.6 is 24.2 Å². The number of aromatic nitrogens is 1. The van der Waals surface area contributed by atoms with Crippen LogP contribution < -0.4 is 5.63 Å². The average Bonchev–Trinajstić information content (AvgIpc) is 3.42. The maximum atomic E-state index is 12.4. The number of hydrogen-bond acceptors (Lipinski definition) is 6. The molecule has 0 radical (unpaired) electrons. The summed E-state index contributed by atoms with van der Waals surface area (Å²) in [6, 6.07) is 7.86. The Morgan fingerprint density at radius 1 is 1.03 bits per heavy atom. The van der Waals surface area contributed by atoms with E-state index in [4.69, 9.17) is 8.83 Å². The Balaban J connectivity index is 0.00000216. The quantitative estimate of drug-likeness (QED) is 0.377. The first kappa shape index (κ1) is 21.6. The molecule has 4 aromatic rings. The molecule has 32 heavy (non-hydrogen) atoms. The van der Waals surface area contributed by atoms with E-state index in [2.05, 4.69) is 22.0 Å². The predicted molar refractivity (Wildman–Crippen MR) is 132 cm³/mol. The molecule has 5 nitrogen and oxygen atoms in total. The molecule has 1 aromatic carbocycles. The highest BCUT2D eigenvalue weighted by atomic mass is 35.5. The number of rotatable bonds is 3. The third-order valence-corrected chi connectivity index (χ3v) is 7.48.